The summed E-state index contributed by atoms with van der Waals surface area (Å²) in [7, 11) is 1.95. The predicted molar refractivity (Wildman–Crippen MR) is 201 cm³/mol. The van der Waals surface area contributed by atoms with Crippen molar-refractivity contribution in [3.05, 3.63) is 173 Å². The number of fused-ring (bicyclic) bond motifs is 3. The molecule has 0 heterocycles. The molecule has 0 fully saturated rings. The maximum atomic E-state index is 5.25. The van der Waals surface area contributed by atoms with Gasteiger partial charge in [0.05, 0.1) is 5.70 Å². The molecule has 0 amide bonds. The quantitative estimate of drug-likeness (QED) is 0.141. The molecule has 0 aliphatic heterocycles. The zero-order chi connectivity index (χ0) is 32.3. The fourth-order valence-electron chi connectivity index (χ4n) is 7.02. The first-order valence-electron chi connectivity index (χ1n) is 16.6. The molecular formula is C45H40N2. The Labute approximate surface area is 279 Å². The number of rotatable bonds is 7. The lowest BCUT2D eigenvalue weighted by atomic mass is 9.90. The Hall–Kier alpha value is -5.47. The van der Waals surface area contributed by atoms with Gasteiger partial charge >= 0.3 is 0 Å². The van der Waals surface area contributed by atoms with Crippen LogP contribution in [0.3, 0.4) is 0 Å². The fraction of sp³-hybridized carbons (Fsp3) is 0.133. The van der Waals surface area contributed by atoms with Gasteiger partial charge in [0.2, 0.25) is 0 Å². The van der Waals surface area contributed by atoms with Crippen LogP contribution in [-0.2, 0) is 0 Å². The second-order valence-electron chi connectivity index (χ2n) is 12.5. The molecule has 0 aromatic heterocycles. The largest absolute Gasteiger partial charge is 0.373 e. The molecule has 47 heavy (non-hydrogen) atoms. The van der Waals surface area contributed by atoms with Crippen molar-refractivity contribution in [2.45, 2.75) is 33.1 Å². The molecule has 2 heteroatoms. The van der Waals surface area contributed by atoms with E-state index in [0.29, 0.717) is 5.92 Å². The lowest BCUT2D eigenvalue weighted by Crippen LogP contribution is -2.19. The first-order valence-corrected chi connectivity index (χ1v) is 16.6. The summed E-state index contributed by atoms with van der Waals surface area (Å²) in [4.78, 5) is 5.25. The normalized spacial score (nSPS) is 13.5. The first-order chi connectivity index (χ1) is 23.1. The van der Waals surface area contributed by atoms with Crippen LogP contribution in [0, 0.1) is 0 Å². The van der Waals surface area contributed by atoms with Gasteiger partial charge in [0.25, 0.3) is 0 Å². The van der Waals surface area contributed by atoms with E-state index in [1.165, 1.54) is 61.2 Å². The van der Waals surface area contributed by atoms with Crippen molar-refractivity contribution in [3.63, 3.8) is 0 Å². The third-order valence-electron chi connectivity index (χ3n) is 9.33. The topological polar surface area (TPSA) is 24.4 Å². The molecule has 6 aromatic rings. The number of allylic oxidation sites excluding steroid dienone is 1. The zero-order valence-corrected chi connectivity index (χ0v) is 27.6. The molecule has 1 unspecified atom stereocenters. The molecule has 2 nitrogen and oxygen atoms in total. The van der Waals surface area contributed by atoms with E-state index in [1.807, 2.05) is 7.05 Å². The van der Waals surface area contributed by atoms with Crippen molar-refractivity contribution in [2.75, 3.05) is 7.05 Å². The third kappa shape index (κ3) is 5.84. The van der Waals surface area contributed by atoms with Gasteiger partial charge in [0.1, 0.15) is 5.84 Å². The monoisotopic (exact) mass is 608 g/mol. The standard InChI is InChI=1S/C45H40N2/c1-5-38-40-21-13-20-39(36-19-12-18-35(28-36)32-16-10-7-11-17-32)43(40)41-27-26-37(29-42(38)41)44(30(2)3)47-45(46-4)34-24-22-33(23-25-34)31-14-8-6-9-15-31/h6-29,38H,5H2,1-4H3,(H,46,47). The van der Waals surface area contributed by atoms with E-state index in [9.17, 15) is 0 Å². The molecule has 0 saturated heterocycles. The Balaban J connectivity index is 1.27. The summed E-state index contributed by atoms with van der Waals surface area (Å²) in [5.74, 6) is 1.20. The lowest BCUT2D eigenvalue weighted by Gasteiger charge is -2.14. The van der Waals surface area contributed by atoms with Crippen LogP contribution in [0.2, 0.25) is 0 Å². The summed E-state index contributed by atoms with van der Waals surface area (Å²) >= 11 is 0. The van der Waals surface area contributed by atoms with Gasteiger partial charge < -0.3 is 5.32 Å². The van der Waals surface area contributed by atoms with Crippen molar-refractivity contribution in [1.29, 1.82) is 0 Å². The van der Waals surface area contributed by atoms with Crippen LogP contribution in [0.1, 0.15) is 55.4 Å². The van der Waals surface area contributed by atoms with Gasteiger partial charge in [-0.2, -0.15) is 0 Å². The van der Waals surface area contributed by atoms with Gasteiger partial charge in [-0.25, -0.2) is 4.99 Å². The van der Waals surface area contributed by atoms with E-state index in [0.717, 1.165) is 29.1 Å². The third-order valence-corrected chi connectivity index (χ3v) is 9.33. The van der Waals surface area contributed by atoms with E-state index >= 15 is 0 Å². The molecule has 0 spiro atoms. The average Bonchev–Trinajstić information content (AvgIpc) is 3.46. The maximum Gasteiger partial charge on any atom is 0.133 e. The molecule has 230 valence electrons. The summed E-state index contributed by atoms with van der Waals surface area (Å²) in [5.41, 5.74) is 17.3. The highest BCUT2D eigenvalue weighted by atomic mass is 15.0. The predicted octanol–water partition coefficient (Wildman–Crippen LogP) is 11.6. The number of hydrogen-bond acceptors (Lipinski definition) is 1. The molecule has 6 aromatic carbocycles. The van der Waals surface area contributed by atoms with Gasteiger partial charge in [-0.1, -0.05) is 146 Å². The first kappa shape index (κ1) is 30.2. The Morgan fingerprint density at radius 3 is 1.81 bits per heavy atom. The van der Waals surface area contributed by atoms with Crippen LogP contribution in [0.15, 0.2) is 156 Å². The number of benzene rings is 6. The van der Waals surface area contributed by atoms with E-state index < -0.39 is 0 Å². The molecule has 1 aliphatic carbocycles. The Bertz CT molecular complexity index is 2100. The minimum atomic E-state index is 0.342. The maximum absolute atomic E-state index is 5.25. The van der Waals surface area contributed by atoms with Gasteiger partial charge in [0, 0.05) is 24.1 Å². The zero-order valence-electron chi connectivity index (χ0n) is 27.6. The van der Waals surface area contributed by atoms with Crippen molar-refractivity contribution in [3.8, 4) is 44.5 Å². The molecule has 1 aliphatic rings. The number of aliphatic imine (C=N–C) groups is 1. The van der Waals surface area contributed by atoms with Gasteiger partial charge in [-0.15, -0.1) is 0 Å². The summed E-state index contributed by atoms with van der Waals surface area (Å²) in [6.45, 7) is 6.61. The second-order valence-corrected chi connectivity index (χ2v) is 12.5. The number of hydrogen-bond donors (Lipinski definition) is 1. The number of amidine groups is 1. The molecule has 1 atom stereocenters. The van der Waals surface area contributed by atoms with E-state index in [1.54, 1.807) is 0 Å². The summed E-state index contributed by atoms with van der Waals surface area (Å²) in [6.07, 6.45) is 1.04. The van der Waals surface area contributed by atoms with Crippen molar-refractivity contribution < 1.29 is 0 Å². The Morgan fingerprint density at radius 1 is 0.553 bits per heavy atom. The Morgan fingerprint density at radius 2 is 1.15 bits per heavy atom. The highest BCUT2D eigenvalue weighted by molar-refractivity contribution is 6.02. The van der Waals surface area contributed by atoms with Gasteiger partial charge in [0.15, 0.2) is 0 Å². The molecule has 1 N–H and O–H groups in total. The SMILES string of the molecule is CCC1c2cc(C(N=C(NC)c3ccc(-c4ccccc4)cc3)=C(C)C)ccc2-c2c(-c3cccc(-c4ccccc4)c3)cccc21. The molecule has 0 radical (unpaired) electrons. The van der Waals surface area contributed by atoms with Crippen LogP contribution in [-0.4, -0.2) is 12.9 Å². The minimum absolute atomic E-state index is 0.342. The van der Waals surface area contributed by atoms with Crippen molar-refractivity contribution in [1.82, 2.24) is 5.32 Å². The van der Waals surface area contributed by atoms with Crippen molar-refractivity contribution in [2.24, 2.45) is 4.99 Å². The van der Waals surface area contributed by atoms with E-state index in [4.69, 9.17) is 4.99 Å². The summed E-state index contributed by atoms with van der Waals surface area (Å²) in [5, 5.41) is 3.38. The van der Waals surface area contributed by atoms with Gasteiger partial charge in [-0.3, -0.25) is 0 Å². The van der Waals surface area contributed by atoms with Crippen LogP contribution >= 0.6 is 0 Å². The molecular weight excluding hydrogens is 569 g/mol. The van der Waals surface area contributed by atoms with Crippen LogP contribution in [0.25, 0.3) is 50.2 Å². The van der Waals surface area contributed by atoms with Crippen LogP contribution in [0.5, 0.6) is 0 Å². The fourth-order valence-corrected chi connectivity index (χ4v) is 7.02. The molecule has 0 bridgehead atoms. The van der Waals surface area contributed by atoms with E-state index in [-0.39, 0.29) is 0 Å². The summed E-state index contributed by atoms with van der Waals surface area (Å²) in [6, 6.07) is 52.6. The number of nitrogens with one attached hydrogen (secondary N) is 1. The van der Waals surface area contributed by atoms with Crippen LogP contribution in [0.4, 0.5) is 0 Å². The van der Waals surface area contributed by atoms with E-state index in [2.05, 4.69) is 172 Å². The van der Waals surface area contributed by atoms with Gasteiger partial charge in [-0.05, 0) is 88.0 Å². The second kappa shape index (κ2) is 13.1. The molecule has 7 rings (SSSR count). The Kier molecular flexibility index (Phi) is 8.42. The van der Waals surface area contributed by atoms with Crippen LogP contribution < -0.4 is 5.32 Å². The highest BCUT2D eigenvalue weighted by Gasteiger charge is 2.30. The smallest absolute Gasteiger partial charge is 0.133 e. The molecule has 0 saturated carbocycles. The minimum Gasteiger partial charge on any atom is -0.373 e. The average molecular weight is 609 g/mol. The summed E-state index contributed by atoms with van der Waals surface area (Å²) < 4.78 is 0. The lowest BCUT2D eigenvalue weighted by molar-refractivity contribution is 0.797. The number of nitrogens with zero attached hydrogens (tertiary/aromatic N) is 1. The highest BCUT2D eigenvalue weighted by Crippen LogP contribution is 2.51. The van der Waals surface area contributed by atoms with Crippen molar-refractivity contribution >= 4 is 11.5 Å².